The van der Waals surface area contributed by atoms with E-state index < -0.39 is 13.0 Å². The smallest absolute Gasteiger partial charge is 0.319 e. The first kappa shape index (κ1) is 30.6. The average molecular weight is 658 g/mol. The van der Waals surface area contributed by atoms with Crippen molar-refractivity contribution in [2.45, 2.75) is 56.1 Å². The molecule has 11 heteroatoms. The lowest BCUT2D eigenvalue weighted by Gasteiger charge is -2.42. The Kier molecular flexibility index (Phi) is 7.45. The number of aromatic nitrogens is 2. The number of rotatable bonds is 7. The van der Waals surface area contributed by atoms with E-state index in [9.17, 15) is 14.5 Å². The van der Waals surface area contributed by atoms with Crippen molar-refractivity contribution < 1.29 is 23.6 Å². The first-order valence-corrected chi connectivity index (χ1v) is 19.6. The molecule has 246 valence electrons. The third-order valence-corrected chi connectivity index (χ3v) is 11.8. The molecule has 1 aromatic heterocycles. The van der Waals surface area contributed by atoms with Crippen LogP contribution in [-0.2, 0) is 9.36 Å². The van der Waals surface area contributed by atoms with E-state index in [4.69, 9.17) is 14.7 Å². The molecule has 0 unspecified atom stereocenters. The molecule has 0 spiro atoms. The molecule has 4 aromatic rings. The van der Waals surface area contributed by atoms with Crippen molar-refractivity contribution in [1.29, 1.82) is 0 Å². The number of piperazine rings is 1. The van der Waals surface area contributed by atoms with Gasteiger partial charge in [0.1, 0.15) is 23.7 Å². The van der Waals surface area contributed by atoms with Gasteiger partial charge in [-0.05, 0) is 99.5 Å². The zero-order valence-corrected chi connectivity index (χ0v) is 27.9. The van der Waals surface area contributed by atoms with Gasteiger partial charge in [-0.25, -0.2) is 4.39 Å². The van der Waals surface area contributed by atoms with Gasteiger partial charge in [0.15, 0.2) is 5.82 Å². The zero-order chi connectivity index (χ0) is 32.5. The Hall–Kier alpha value is -3.75. The Bertz CT molecular complexity index is 1920. The lowest BCUT2D eigenvalue weighted by molar-refractivity contribution is -0.131. The first-order valence-electron chi connectivity index (χ1n) is 16.8. The maximum Gasteiger partial charge on any atom is 0.319 e. The van der Waals surface area contributed by atoms with Crippen molar-refractivity contribution >= 4 is 40.5 Å². The Morgan fingerprint density at radius 1 is 1.00 bits per heavy atom. The number of fused-ring (bicyclic) bond motifs is 5. The summed E-state index contributed by atoms with van der Waals surface area (Å²) in [5, 5.41) is 12.8. The van der Waals surface area contributed by atoms with Crippen molar-refractivity contribution in [3.8, 4) is 22.9 Å². The number of halogens is 1. The predicted octanol–water partition coefficient (Wildman–Crippen LogP) is 6.10. The van der Waals surface area contributed by atoms with Crippen LogP contribution in [0.3, 0.4) is 0 Å². The van der Waals surface area contributed by atoms with Gasteiger partial charge in [0, 0.05) is 36.1 Å². The molecule has 4 saturated heterocycles. The minimum Gasteiger partial charge on any atom is -0.508 e. The van der Waals surface area contributed by atoms with Crippen molar-refractivity contribution in [3.05, 3.63) is 54.3 Å². The second-order valence-corrected chi connectivity index (χ2v) is 17.9. The summed E-state index contributed by atoms with van der Waals surface area (Å²) in [7, 11) is -2.51. The third-order valence-electron chi connectivity index (χ3n) is 10.8. The van der Waals surface area contributed by atoms with E-state index in [-0.39, 0.29) is 47.0 Å². The van der Waals surface area contributed by atoms with Crippen LogP contribution < -0.4 is 9.64 Å². The number of carbonyl (C=O) groups is 1. The van der Waals surface area contributed by atoms with E-state index in [1.165, 1.54) is 0 Å². The molecular formula is C36H41FN5O4P. The number of anilines is 1. The Balaban J connectivity index is 1.20. The Morgan fingerprint density at radius 2 is 1.72 bits per heavy atom. The number of phenolic OH excluding ortho intramolecular Hbond substituents is 1. The lowest BCUT2D eigenvalue weighted by atomic mass is 9.95. The van der Waals surface area contributed by atoms with Gasteiger partial charge < -0.3 is 24.2 Å². The molecule has 9 nitrogen and oxygen atoms in total. The van der Waals surface area contributed by atoms with Gasteiger partial charge in [0.25, 0.3) is 0 Å². The first-order chi connectivity index (χ1) is 22.6. The minimum absolute atomic E-state index is 0.0254. The van der Waals surface area contributed by atoms with E-state index in [1.54, 1.807) is 31.5 Å². The van der Waals surface area contributed by atoms with E-state index in [0.717, 1.165) is 62.4 Å². The van der Waals surface area contributed by atoms with Gasteiger partial charge in [-0.1, -0.05) is 30.3 Å². The molecule has 0 aliphatic carbocycles. The highest BCUT2D eigenvalue weighted by Crippen LogP contribution is 2.43. The van der Waals surface area contributed by atoms with Crippen LogP contribution in [0.2, 0.25) is 0 Å². The highest BCUT2D eigenvalue weighted by Gasteiger charge is 2.46. The summed E-state index contributed by atoms with van der Waals surface area (Å²) < 4.78 is 35.8. The van der Waals surface area contributed by atoms with Crippen LogP contribution >= 0.6 is 7.14 Å². The second-order valence-electron chi connectivity index (χ2n) is 14.4. The molecule has 3 aromatic carbocycles. The van der Waals surface area contributed by atoms with Gasteiger partial charge >= 0.3 is 6.01 Å². The Morgan fingerprint density at radius 3 is 2.45 bits per heavy atom. The van der Waals surface area contributed by atoms with E-state index in [0.29, 0.717) is 42.0 Å². The standard InChI is InChI=1S/C36H41FN5O4P/c1-47(2,45)21-31(44)42-24-9-10-25(42)20-40(19-24)34-29-12-11-28(30-18-26(43)17-23-7-3-4-8-27(23)30)32(37)33(29)38-35(39-34)46-22-36-13-5-15-41(36)16-6-14-36/h3-4,7-8,11-12,17-18,24-25,43H,5-6,9-10,13-16,19-22H2,1-2H3/t24-,25+. The molecule has 47 heavy (non-hydrogen) atoms. The number of nitrogens with zero attached hydrogens (tertiary/aromatic N) is 5. The maximum atomic E-state index is 16.9. The van der Waals surface area contributed by atoms with Crippen LogP contribution in [0.25, 0.3) is 32.8 Å². The van der Waals surface area contributed by atoms with Crippen LogP contribution in [-0.4, -0.2) is 101 Å². The van der Waals surface area contributed by atoms with E-state index >= 15 is 4.39 Å². The normalized spacial score (nSPS) is 22.4. The number of aromatic hydroxyl groups is 1. The van der Waals surface area contributed by atoms with E-state index in [2.05, 4.69) is 9.80 Å². The number of hydrogen-bond donors (Lipinski definition) is 1. The number of hydrogen-bond acceptors (Lipinski definition) is 8. The summed E-state index contributed by atoms with van der Waals surface area (Å²) in [5.41, 5.74) is 1.08. The molecule has 4 fully saturated rings. The van der Waals surface area contributed by atoms with Crippen molar-refractivity contribution in [3.63, 3.8) is 0 Å². The molecular weight excluding hydrogens is 616 g/mol. The summed E-state index contributed by atoms with van der Waals surface area (Å²) in [6.07, 6.45) is 6.21. The summed E-state index contributed by atoms with van der Waals surface area (Å²) >= 11 is 0. The van der Waals surface area contributed by atoms with E-state index in [1.807, 2.05) is 35.2 Å². The van der Waals surface area contributed by atoms with Gasteiger partial charge in [-0.15, -0.1) is 0 Å². The van der Waals surface area contributed by atoms with Crippen molar-refractivity contribution in [2.75, 3.05) is 57.2 Å². The van der Waals surface area contributed by atoms with Crippen LogP contribution in [0.15, 0.2) is 48.5 Å². The molecule has 0 radical (unpaired) electrons. The van der Waals surface area contributed by atoms with Crippen molar-refractivity contribution in [1.82, 2.24) is 19.8 Å². The average Bonchev–Trinajstić information content (AvgIpc) is 3.69. The van der Waals surface area contributed by atoms with Gasteiger partial charge in [-0.2, -0.15) is 9.97 Å². The summed E-state index contributed by atoms with van der Waals surface area (Å²) in [4.78, 5) is 29.5. The second kappa shape index (κ2) is 11.4. The van der Waals surface area contributed by atoms with Gasteiger partial charge in [0.2, 0.25) is 5.91 Å². The fourth-order valence-electron chi connectivity index (χ4n) is 8.71. The number of phenols is 1. The molecule has 0 saturated carbocycles. The highest BCUT2D eigenvalue weighted by molar-refractivity contribution is 7.63. The molecule has 5 heterocycles. The van der Waals surface area contributed by atoms with Crippen LogP contribution in [0.4, 0.5) is 10.2 Å². The zero-order valence-electron chi connectivity index (χ0n) is 27.0. The summed E-state index contributed by atoms with van der Waals surface area (Å²) in [5.74, 6) is 0.122. The SMILES string of the molecule is CP(C)(=O)CC(=O)N1[C@@H]2CC[C@H]1CN(c1nc(OCC34CCCN3CCC4)nc3c(F)c(-c4cc(O)cc5ccccc45)ccc13)C2. The molecule has 4 aliphatic heterocycles. The van der Waals surface area contributed by atoms with Crippen molar-refractivity contribution in [2.24, 2.45) is 0 Å². The number of benzene rings is 3. The minimum atomic E-state index is -2.51. The number of amides is 1. The molecule has 1 amide bonds. The number of ether oxygens (including phenoxy) is 1. The summed E-state index contributed by atoms with van der Waals surface area (Å²) in [6, 6.07) is 14.6. The third kappa shape index (κ3) is 5.43. The largest absolute Gasteiger partial charge is 0.508 e. The van der Waals surface area contributed by atoms with Crippen LogP contribution in [0.1, 0.15) is 38.5 Å². The van der Waals surface area contributed by atoms with Crippen LogP contribution in [0.5, 0.6) is 11.8 Å². The highest BCUT2D eigenvalue weighted by atomic mass is 31.2. The molecule has 2 atom stereocenters. The number of carbonyl (C=O) groups excluding carboxylic acids is 1. The quantitative estimate of drug-likeness (QED) is 0.238. The monoisotopic (exact) mass is 657 g/mol. The molecule has 2 bridgehead atoms. The molecule has 8 rings (SSSR count). The van der Waals surface area contributed by atoms with Gasteiger partial charge in [0.05, 0.1) is 18.8 Å². The maximum absolute atomic E-state index is 16.9. The topological polar surface area (TPSA) is 99.1 Å². The fraction of sp³-hybridized carbons (Fsp3) is 0.472. The molecule has 4 aliphatic rings. The van der Waals surface area contributed by atoms with Crippen LogP contribution in [0, 0.1) is 5.82 Å². The Labute approximate surface area is 274 Å². The lowest BCUT2D eigenvalue weighted by Crippen LogP contribution is -2.56. The van der Waals surface area contributed by atoms with Gasteiger partial charge in [-0.3, -0.25) is 9.69 Å². The fourth-order valence-corrected chi connectivity index (χ4v) is 9.52. The summed E-state index contributed by atoms with van der Waals surface area (Å²) in [6.45, 7) is 7.01. The predicted molar refractivity (Wildman–Crippen MR) is 183 cm³/mol. The molecule has 1 N–H and O–H groups in total.